The Balaban J connectivity index is 1.38. The lowest BCUT2D eigenvalue weighted by Crippen LogP contribution is -2.61. The number of hydrogen-bond donors (Lipinski definition) is 4. The Labute approximate surface area is 254 Å². The number of carbonyl (C=O) groups excluding carboxylic acids is 6. The van der Waals surface area contributed by atoms with Crippen LogP contribution in [0.2, 0.25) is 0 Å². The standard InChI is InChI=1S/C30H42F3N5O6/c1-28(2,3)37-25(42)22(39)19(11-15-7-10-34-23(15)40)35-24(41)21-18-6-4-5-16(18)14-38(21)26(43)20(36-27(44)30(31,32)33)17-12-29(13-17)8-9-29/h15-21H,4-14H2,1-3H3,(H,34,40)(H,35,41)(H,36,44)(H,37,42)/t15-,16-,18-,19-,20?,21-/m0/s1. The number of amides is 5. The largest absolute Gasteiger partial charge is 0.471 e. The molecule has 1 unspecified atom stereocenters. The molecule has 0 aromatic rings. The van der Waals surface area contributed by atoms with Gasteiger partial charge in [-0.05, 0) is 95.3 Å². The molecular formula is C30H42F3N5O6. The molecule has 44 heavy (non-hydrogen) atoms. The van der Waals surface area contributed by atoms with Crippen molar-refractivity contribution < 1.29 is 41.9 Å². The maximum atomic E-state index is 14.0. The minimum atomic E-state index is -5.18. The summed E-state index contributed by atoms with van der Waals surface area (Å²) in [5, 5.41) is 9.87. The van der Waals surface area contributed by atoms with E-state index < -0.39 is 71.1 Å². The van der Waals surface area contributed by atoms with E-state index in [1.165, 1.54) is 4.90 Å². The number of fused-ring (bicyclic) bond motifs is 1. The summed E-state index contributed by atoms with van der Waals surface area (Å²) < 4.78 is 39.8. The molecule has 3 aliphatic carbocycles. The van der Waals surface area contributed by atoms with Gasteiger partial charge in [0, 0.05) is 24.5 Å². The molecule has 5 aliphatic rings. The van der Waals surface area contributed by atoms with E-state index >= 15 is 0 Å². The highest BCUT2D eigenvalue weighted by molar-refractivity contribution is 6.38. The smallest absolute Gasteiger partial charge is 0.356 e. The second-order valence-corrected chi connectivity index (χ2v) is 14.5. The molecule has 244 valence electrons. The van der Waals surface area contributed by atoms with Crippen molar-refractivity contribution >= 4 is 35.3 Å². The molecular weight excluding hydrogens is 583 g/mol. The van der Waals surface area contributed by atoms with Gasteiger partial charge in [0.15, 0.2) is 0 Å². The van der Waals surface area contributed by atoms with Crippen molar-refractivity contribution in [2.24, 2.45) is 29.1 Å². The fraction of sp³-hybridized carbons (Fsp3) is 0.800. The third-order valence-corrected chi connectivity index (χ3v) is 10.1. The zero-order chi connectivity index (χ0) is 32.2. The van der Waals surface area contributed by atoms with Crippen molar-refractivity contribution in [3.05, 3.63) is 0 Å². The molecule has 1 spiro atoms. The van der Waals surface area contributed by atoms with Crippen molar-refractivity contribution in [1.29, 1.82) is 0 Å². The lowest BCUT2D eigenvalue weighted by Gasteiger charge is -2.42. The average molecular weight is 626 g/mol. The summed E-state index contributed by atoms with van der Waals surface area (Å²) in [6, 6.07) is -3.87. The van der Waals surface area contributed by atoms with Gasteiger partial charge >= 0.3 is 12.1 Å². The zero-order valence-corrected chi connectivity index (χ0v) is 25.4. The van der Waals surface area contributed by atoms with Gasteiger partial charge in [0.25, 0.3) is 5.91 Å². The lowest BCUT2D eigenvalue weighted by molar-refractivity contribution is -0.176. The van der Waals surface area contributed by atoms with Crippen LogP contribution < -0.4 is 21.3 Å². The molecule has 0 radical (unpaired) electrons. The summed E-state index contributed by atoms with van der Waals surface area (Å²) in [7, 11) is 0. The highest BCUT2D eigenvalue weighted by atomic mass is 19.4. The highest BCUT2D eigenvalue weighted by Gasteiger charge is 2.59. The van der Waals surface area contributed by atoms with Crippen molar-refractivity contribution in [1.82, 2.24) is 26.2 Å². The van der Waals surface area contributed by atoms with Crippen LogP contribution in [-0.4, -0.2) is 83.1 Å². The summed E-state index contributed by atoms with van der Waals surface area (Å²) in [6.45, 7) is 5.62. The molecule has 2 heterocycles. The van der Waals surface area contributed by atoms with Crippen LogP contribution in [0.5, 0.6) is 0 Å². The third-order valence-electron chi connectivity index (χ3n) is 10.1. The quantitative estimate of drug-likeness (QED) is 0.284. The lowest BCUT2D eigenvalue weighted by atomic mass is 9.68. The highest BCUT2D eigenvalue weighted by Crippen LogP contribution is 2.64. The van der Waals surface area contributed by atoms with Crippen molar-refractivity contribution in [3.63, 3.8) is 0 Å². The molecule has 5 amide bonds. The van der Waals surface area contributed by atoms with Crippen LogP contribution in [0.25, 0.3) is 0 Å². The summed E-state index contributed by atoms with van der Waals surface area (Å²) in [6.07, 6.45) is 0.199. The van der Waals surface area contributed by atoms with E-state index in [2.05, 4.69) is 16.0 Å². The first-order chi connectivity index (χ1) is 20.5. The molecule has 11 nitrogen and oxygen atoms in total. The number of likely N-dealkylation sites (tertiary alicyclic amines) is 1. The number of carbonyl (C=O) groups is 6. The fourth-order valence-corrected chi connectivity index (χ4v) is 7.73. The summed E-state index contributed by atoms with van der Waals surface area (Å²) >= 11 is 0. The van der Waals surface area contributed by atoms with Gasteiger partial charge in [-0.3, -0.25) is 28.8 Å². The number of Topliss-reactive ketones (excluding diaryl/α,β-unsaturated/α-hetero) is 1. The van der Waals surface area contributed by atoms with Crippen LogP contribution in [0, 0.1) is 29.1 Å². The van der Waals surface area contributed by atoms with Gasteiger partial charge in [0.05, 0.1) is 6.04 Å². The van der Waals surface area contributed by atoms with Crippen LogP contribution in [0.4, 0.5) is 13.2 Å². The molecule has 5 fully saturated rings. The van der Waals surface area contributed by atoms with E-state index in [9.17, 15) is 41.9 Å². The van der Waals surface area contributed by atoms with Gasteiger partial charge < -0.3 is 26.2 Å². The number of halogens is 3. The topological polar surface area (TPSA) is 154 Å². The van der Waals surface area contributed by atoms with Crippen LogP contribution >= 0.6 is 0 Å². The Bertz CT molecular complexity index is 1220. The summed E-state index contributed by atoms with van der Waals surface area (Å²) in [5.41, 5.74) is -0.702. The van der Waals surface area contributed by atoms with Gasteiger partial charge in [-0.25, -0.2) is 0 Å². The van der Waals surface area contributed by atoms with Gasteiger partial charge in [-0.2, -0.15) is 13.2 Å². The molecule has 5 rings (SSSR count). The molecule has 4 N–H and O–H groups in total. The number of nitrogens with zero attached hydrogens (tertiary/aromatic N) is 1. The first kappa shape index (κ1) is 32.2. The van der Waals surface area contributed by atoms with E-state index in [1.807, 2.05) is 5.32 Å². The number of alkyl halides is 3. The van der Waals surface area contributed by atoms with E-state index in [-0.39, 0.29) is 36.1 Å². The van der Waals surface area contributed by atoms with Gasteiger partial charge in [0.2, 0.25) is 23.5 Å². The molecule has 0 aromatic carbocycles. The molecule has 2 saturated heterocycles. The third kappa shape index (κ3) is 6.73. The number of hydrogen-bond acceptors (Lipinski definition) is 6. The normalized spacial score (nSPS) is 28.9. The Kier molecular flexibility index (Phi) is 8.51. The van der Waals surface area contributed by atoms with Crippen LogP contribution in [0.1, 0.15) is 78.6 Å². The van der Waals surface area contributed by atoms with E-state index in [0.717, 1.165) is 25.7 Å². The second-order valence-electron chi connectivity index (χ2n) is 14.5. The monoisotopic (exact) mass is 625 g/mol. The van der Waals surface area contributed by atoms with Gasteiger partial charge in [-0.15, -0.1) is 0 Å². The predicted molar refractivity (Wildman–Crippen MR) is 149 cm³/mol. The van der Waals surface area contributed by atoms with Gasteiger partial charge in [0.1, 0.15) is 12.1 Å². The fourth-order valence-electron chi connectivity index (χ4n) is 7.73. The summed E-state index contributed by atoms with van der Waals surface area (Å²) in [5.74, 6) is -7.20. The molecule has 0 bridgehead atoms. The molecule has 0 aromatic heterocycles. The van der Waals surface area contributed by atoms with Gasteiger partial charge in [-0.1, -0.05) is 6.42 Å². The molecule has 14 heteroatoms. The molecule has 6 atom stereocenters. The maximum absolute atomic E-state index is 14.0. The first-order valence-electron chi connectivity index (χ1n) is 15.6. The van der Waals surface area contributed by atoms with E-state index in [1.54, 1.807) is 20.8 Å². The van der Waals surface area contributed by atoms with Crippen molar-refractivity contribution in [2.75, 3.05) is 13.1 Å². The van der Waals surface area contributed by atoms with E-state index in [4.69, 9.17) is 0 Å². The van der Waals surface area contributed by atoms with Crippen molar-refractivity contribution in [2.45, 2.75) is 108 Å². The Hall–Kier alpha value is -3.19. The van der Waals surface area contributed by atoms with Crippen LogP contribution in [-0.2, 0) is 28.8 Å². The Morgan fingerprint density at radius 2 is 1.70 bits per heavy atom. The number of rotatable bonds is 9. The average Bonchev–Trinajstić information content (AvgIpc) is 3.19. The first-order valence-corrected chi connectivity index (χ1v) is 15.6. The SMILES string of the molecule is CC(C)(C)NC(=O)C(=O)[C@H](C[C@@H]1CCNC1=O)NC(=O)[C@@H]1[C@H]2CCC[C@H]2CN1C(=O)C(NC(=O)C(F)(F)F)C1CC2(CC2)C1. The summed E-state index contributed by atoms with van der Waals surface area (Å²) in [4.78, 5) is 79.8. The van der Waals surface area contributed by atoms with Crippen molar-refractivity contribution in [3.8, 4) is 0 Å². The van der Waals surface area contributed by atoms with E-state index in [0.29, 0.717) is 32.2 Å². The number of ketones is 1. The van der Waals surface area contributed by atoms with Crippen LogP contribution in [0.15, 0.2) is 0 Å². The Morgan fingerprint density at radius 3 is 2.27 bits per heavy atom. The maximum Gasteiger partial charge on any atom is 0.471 e. The molecule has 2 aliphatic heterocycles. The minimum absolute atomic E-state index is 0.0399. The molecule has 3 saturated carbocycles. The number of nitrogens with one attached hydrogen (secondary N) is 4. The zero-order valence-electron chi connectivity index (χ0n) is 25.4. The minimum Gasteiger partial charge on any atom is -0.356 e. The van der Waals surface area contributed by atoms with Crippen LogP contribution in [0.3, 0.4) is 0 Å². The predicted octanol–water partition coefficient (Wildman–Crippen LogP) is 1.35. The Morgan fingerprint density at radius 1 is 1.02 bits per heavy atom. The second kappa shape index (κ2) is 11.6.